The third kappa shape index (κ3) is 5.14. The number of halogens is 1. The smallest absolute Gasteiger partial charge is 0.261 e. The maximum absolute atomic E-state index is 13.0. The summed E-state index contributed by atoms with van der Waals surface area (Å²) in [5.74, 6) is -0.762. The van der Waals surface area contributed by atoms with Gasteiger partial charge in [-0.1, -0.05) is 32.9 Å². The fourth-order valence-electron chi connectivity index (χ4n) is 3.14. The highest BCUT2D eigenvalue weighted by molar-refractivity contribution is 7.17. The number of aromatic amines is 1. The largest absolute Gasteiger partial charge is 0.349 e. The summed E-state index contributed by atoms with van der Waals surface area (Å²) < 4.78 is 13.0. The number of hydrogen-bond acceptors (Lipinski definition) is 5. The van der Waals surface area contributed by atoms with Gasteiger partial charge in [0.15, 0.2) is 5.65 Å². The zero-order valence-electron chi connectivity index (χ0n) is 19.4. The molecule has 0 saturated carbocycles. The van der Waals surface area contributed by atoms with Gasteiger partial charge in [-0.05, 0) is 42.2 Å². The SMILES string of the molecule is CC(NC(=O)c1c[nH]c2ncc(-c3ccc(C(=O)NCc4ccc(F)cc4)s3)nc12)C(C)(C)C. The Hall–Kier alpha value is -3.59. The quantitative estimate of drug-likeness (QED) is 0.365. The molecule has 0 aliphatic heterocycles. The number of H-pyrrole nitrogens is 1. The van der Waals surface area contributed by atoms with E-state index in [1.807, 2.05) is 6.92 Å². The number of hydrogen-bond donors (Lipinski definition) is 3. The second-order valence-corrected chi connectivity index (χ2v) is 10.3. The van der Waals surface area contributed by atoms with Gasteiger partial charge in [0, 0.05) is 18.8 Å². The molecule has 0 fully saturated rings. The van der Waals surface area contributed by atoms with E-state index in [1.54, 1.807) is 36.7 Å². The highest BCUT2D eigenvalue weighted by atomic mass is 32.1. The summed E-state index contributed by atoms with van der Waals surface area (Å²) in [6, 6.07) is 9.48. The van der Waals surface area contributed by atoms with Crippen LogP contribution in [0.15, 0.2) is 48.8 Å². The van der Waals surface area contributed by atoms with Crippen LogP contribution in [0, 0.1) is 11.2 Å². The van der Waals surface area contributed by atoms with Crippen molar-refractivity contribution in [1.82, 2.24) is 25.6 Å². The van der Waals surface area contributed by atoms with Crippen molar-refractivity contribution in [3.05, 3.63) is 70.6 Å². The number of amides is 2. The molecule has 3 heterocycles. The zero-order valence-corrected chi connectivity index (χ0v) is 20.2. The Balaban J connectivity index is 1.51. The molecule has 2 amide bonds. The molecule has 0 aliphatic carbocycles. The van der Waals surface area contributed by atoms with Crippen LogP contribution in [-0.4, -0.2) is 32.8 Å². The Morgan fingerprint density at radius 3 is 2.56 bits per heavy atom. The first-order chi connectivity index (χ1) is 16.1. The molecule has 1 unspecified atom stereocenters. The highest BCUT2D eigenvalue weighted by Gasteiger charge is 2.24. The van der Waals surface area contributed by atoms with Crippen molar-refractivity contribution >= 4 is 34.3 Å². The molecular formula is C25H26FN5O2S. The second-order valence-electron chi connectivity index (χ2n) is 9.19. The van der Waals surface area contributed by atoms with Gasteiger partial charge in [-0.3, -0.25) is 9.59 Å². The fraction of sp³-hybridized carbons (Fsp3) is 0.280. The van der Waals surface area contributed by atoms with Gasteiger partial charge in [0.25, 0.3) is 11.8 Å². The summed E-state index contributed by atoms with van der Waals surface area (Å²) in [6.07, 6.45) is 3.23. The molecule has 34 heavy (non-hydrogen) atoms. The first kappa shape index (κ1) is 23.6. The minimum atomic E-state index is -0.317. The van der Waals surface area contributed by atoms with Crippen LogP contribution in [-0.2, 0) is 6.54 Å². The third-order valence-corrected chi connectivity index (χ3v) is 6.83. The molecule has 0 bridgehead atoms. The van der Waals surface area contributed by atoms with E-state index in [2.05, 4.69) is 46.4 Å². The van der Waals surface area contributed by atoms with Gasteiger partial charge in [0.1, 0.15) is 11.3 Å². The van der Waals surface area contributed by atoms with Crippen molar-refractivity contribution < 1.29 is 14.0 Å². The van der Waals surface area contributed by atoms with Gasteiger partial charge in [-0.15, -0.1) is 11.3 Å². The lowest BCUT2D eigenvalue weighted by molar-refractivity contribution is 0.0910. The number of rotatable bonds is 6. The van der Waals surface area contributed by atoms with Gasteiger partial charge in [-0.25, -0.2) is 14.4 Å². The van der Waals surface area contributed by atoms with Crippen molar-refractivity contribution in [1.29, 1.82) is 0 Å². The predicted octanol–water partition coefficient (Wildman–Crippen LogP) is 4.92. The Morgan fingerprint density at radius 2 is 1.85 bits per heavy atom. The molecule has 4 rings (SSSR count). The van der Waals surface area contributed by atoms with Gasteiger partial charge in [-0.2, -0.15) is 0 Å². The summed E-state index contributed by atoms with van der Waals surface area (Å²) >= 11 is 1.29. The normalized spacial score (nSPS) is 12.5. The molecule has 0 aliphatic rings. The minimum absolute atomic E-state index is 0.0330. The molecule has 1 atom stereocenters. The van der Waals surface area contributed by atoms with E-state index in [4.69, 9.17) is 0 Å². The Labute approximate surface area is 200 Å². The first-order valence-corrected chi connectivity index (χ1v) is 11.7. The molecule has 3 N–H and O–H groups in total. The molecule has 176 valence electrons. The number of nitrogens with zero attached hydrogens (tertiary/aromatic N) is 2. The van der Waals surface area contributed by atoms with Gasteiger partial charge < -0.3 is 15.6 Å². The van der Waals surface area contributed by atoms with Crippen molar-refractivity contribution in [2.75, 3.05) is 0 Å². The molecule has 7 nitrogen and oxygen atoms in total. The van der Waals surface area contributed by atoms with E-state index in [0.29, 0.717) is 33.8 Å². The fourth-order valence-corrected chi connectivity index (χ4v) is 4.02. The van der Waals surface area contributed by atoms with Gasteiger partial charge in [0.2, 0.25) is 0 Å². The molecule has 9 heteroatoms. The second kappa shape index (κ2) is 9.34. The molecule has 1 aromatic carbocycles. The van der Waals surface area contributed by atoms with E-state index < -0.39 is 0 Å². The number of fused-ring (bicyclic) bond motifs is 1. The van der Waals surface area contributed by atoms with Crippen LogP contribution in [0.4, 0.5) is 4.39 Å². The number of nitrogens with one attached hydrogen (secondary N) is 3. The molecule has 0 spiro atoms. The van der Waals surface area contributed by atoms with Crippen LogP contribution in [0.25, 0.3) is 21.7 Å². The lowest BCUT2D eigenvalue weighted by atomic mass is 9.88. The van der Waals surface area contributed by atoms with Crippen LogP contribution < -0.4 is 10.6 Å². The number of benzene rings is 1. The summed E-state index contributed by atoms with van der Waals surface area (Å²) in [4.78, 5) is 38.8. The predicted molar refractivity (Wildman–Crippen MR) is 131 cm³/mol. The van der Waals surface area contributed by atoms with Gasteiger partial charge in [0.05, 0.1) is 27.2 Å². The Kier molecular flexibility index (Phi) is 6.47. The maximum atomic E-state index is 13.0. The third-order valence-electron chi connectivity index (χ3n) is 5.72. The van der Waals surface area contributed by atoms with Crippen LogP contribution in [0.1, 0.15) is 53.3 Å². The lowest BCUT2D eigenvalue weighted by Gasteiger charge is -2.27. The number of thiophene rings is 1. The van der Waals surface area contributed by atoms with E-state index in [-0.39, 0.29) is 29.1 Å². The van der Waals surface area contributed by atoms with Crippen LogP contribution in [0.5, 0.6) is 0 Å². The van der Waals surface area contributed by atoms with Crippen LogP contribution >= 0.6 is 11.3 Å². The topological polar surface area (TPSA) is 99.8 Å². The summed E-state index contributed by atoms with van der Waals surface area (Å²) in [6.45, 7) is 8.46. The average Bonchev–Trinajstić information content (AvgIpc) is 3.45. The molecule has 4 aromatic rings. The van der Waals surface area contributed by atoms with E-state index in [1.165, 1.54) is 23.5 Å². The minimum Gasteiger partial charge on any atom is -0.349 e. The Bertz CT molecular complexity index is 1340. The van der Waals surface area contributed by atoms with E-state index in [9.17, 15) is 14.0 Å². The standard InChI is InChI=1S/C25H26FN5O2S/c1-14(25(2,3)4)30-23(32)17-12-27-22-21(17)31-18(13-28-22)19-9-10-20(34-19)24(33)29-11-15-5-7-16(26)8-6-15/h5-10,12-14H,11H2,1-4H3,(H,27,28)(H,29,33)(H,30,32). The number of carbonyl (C=O) groups is 2. The highest BCUT2D eigenvalue weighted by Crippen LogP contribution is 2.28. The van der Waals surface area contributed by atoms with E-state index >= 15 is 0 Å². The van der Waals surface area contributed by atoms with Crippen molar-refractivity contribution in [2.24, 2.45) is 5.41 Å². The van der Waals surface area contributed by atoms with Crippen molar-refractivity contribution in [3.63, 3.8) is 0 Å². The summed E-state index contributed by atoms with van der Waals surface area (Å²) in [5.41, 5.74) is 2.73. The summed E-state index contributed by atoms with van der Waals surface area (Å²) in [5, 5.41) is 5.86. The average molecular weight is 480 g/mol. The molecule has 0 saturated heterocycles. The Morgan fingerprint density at radius 1 is 1.12 bits per heavy atom. The molecular weight excluding hydrogens is 453 g/mol. The van der Waals surface area contributed by atoms with E-state index in [0.717, 1.165) is 10.4 Å². The number of aromatic nitrogens is 3. The molecule has 0 radical (unpaired) electrons. The monoisotopic (exact) mass is 479 g/mol. The zero-order chi connectivity index (χ0) is 24.5. The first-order valence-electron chi connectivity index (χ1n) is 10.9. The lowest BCUT2D eigenvalue weighted by Crippen LogP contribution is -2.41. The maximum Gasteiger partial charge on any atom is 0.261 e. The van der Waals surface area contributed by atoms with Crippen molar-refractivity contribution in [3.8, 4) is 10.6 Å². The van der Waals surface area contributed by atoms with Crippen LogP contribution in [0.2, 0.25) is 0 Å². The number of carbonyl (C=O) groups excluding carboxylic acids is 2. The van der Waals surface area contributed by atoms with Gasteiger partial charge >= 0.3 is 0 Å². The van der Waals surface area contributed by atoms with Crippen LogP contribution in [0.3, 0.4) is 0 Å². The summed E-state index contributed by atoms with van der Waals surface area (Å²) in [7, 11) is 0. The van der Waals surface area contributed by atoms with Crippen molar-refractivity contribution in [2.45, 2.75) is 40.3 Å². The molecule has 3 aromatic heterocycles.